The zero-order valence-electron chi connectivity index (χ0n) is 24.1. The molecular formula is C16H22BrNO2. The molecule has 0 N–H and O–H groups in total. The van der Waals surface area contributed by atoms with Gasteiger partial charge in [0.25, 0.3) is 0 Å². The molecule has 1 fully saturated rings. The fourth-order valence-electron chi connectivity index (χ4n) is 1.23. The van der Waals surface area contributed by atoms with Crippen LogP contribution in [0.4, 0.5) is 4.79 Å². The number of piperidine rings is 1. The van der Waals surface area contributed by atoms with Crippen molar-refractivity contribution in [1.82, 2.24) is 4.90 Å². The third kappa shape index (κ3) is 4.23. The number of benzene rings is 1. The van der Waals surface area contributed by atoms with Crippen LogP contribution in [0.2, 0.25) is 0 Å². The minimum atomic E-state index is -3.80. The second kappa shape index (κ2) is 6.17. The van der Waals surface area contributed by atoms with Crippen LogP contribution in [0, 0.1) is 0 Å². The maximum Gasteiger partial charge on any atom is 0.410 e. The number of halogens is 1. The lowest BCUT2D eigenvalue weighted by Crippen LogP contribution is -2.41. The summed E-state index contributed by atoms with van der Waals surface area (Å²) >= 11 is 2.83. The summed E-state index contributed by atoms with van der Waals surface area (Å²) in [6.07, 6.45) is -9.32. The topological polar surface area (TPSA) is 29.5 Å². The maximum absolute atomic E-state index is 12.7. The van der Waals surface area contributed by atoms with Gasteiger partial charge in [0.2, 0.25) is 0 Å². The van der Waals surface area contributed by atoms with Crippen LogP contribution in [0.5, 0.6) is 0 Å². The van der Waals surface area contributed by atoms with E-state index >= 15 is 0 Å². The van der Waals surface area contributed by atoms with Crippen LogP contribution >= 0.6 is 15.9 Å². The minimum absolute atomic E-state index is 0.358. The van der Waals surface area contributed by atoms with Gasteiger partial charge in [-0.25, -0.2) is 4.79 Å². The van der Waals surface area contributed by atoms with E-state index in [0.29, 0.717) is 0 Å². The minimum Gasteiger partial charge on any atom is -0.444 e. The Labute approximate surface area is 147 Å². The van der Waals surface area contributed by atoms with Gasteiger partial charge in [-0.3, -0.25) is 0 Å². The molecule has 20 heavy (non-hydrogen) atoms. The molecule has 1 aliphatic rings. The molecule has 110 valence electrons. The number of hydrogen-bond acceptors (Lipinski definition) is 2. The second-order valence-electron chi connectivity index (χ2n) is 4.85. The molecule has 2 rings (SSSR count). The summed E-state index contributed by atoms with van der Waals surface area (Å²) in [6, 6.07) is -3.69. The quantitative estimate of drug-likeness (QED) is 0.741. The summed E-state index contributed by atoms with van der Waals surface area (Å²) in [4.78, 5) is 12.4. The molecule has 1 amide bonds. The van der Waals surface area contributed by atoms with E-state index in [9.17, 15) is 4.79 Å². The highest BCUT2D eigenvalue weighted by atomic mass is 79.9. The first-order chi connectivity index (χ1) is 14.4. The molecule has 0 unspecified atom stereocenters. The van der Waals surface area contributed by atoms with E-state index in [1.165, 1.54) is 20.8 Å². The Morgan fingerprint density at radius 2 is 1.95 bits per heavy atom. The molecular weight excluding hydrogens is 318 g/mol. The molecule has 1 saturated heterocycles. The van der Waals surface area contributed by atoms with Crippen molar-refractivity contribution in [2.45, 2.75) is 45.0 Å². The van der Waals surface area contributed by atoms with E-state index in [1.54, 1.807) is 0 Å². The summed E-state index contributed by atoms with van der Waals surface area (Å²) < 4.78 is 113. The summed E-state index contributed by atoms with van der Waals surface area (Å²) in [5.74, 6) is -3.69. The van der Waals surface area contributed by atoms with E-state index in [2.05, 4.69) is 15.9 Å². The average molecular weight is 353 g/mol. The fraction of sp³-hybridized carbons (Fsp3) is 0.562. The number of likely N-dealkylation sites (tertiary alicyclic amines) is 1. The molecule has 0 aromatic heterocycles. The van der Waals surface area contributed by atoms with Crippen LogP contribution in [0.3, 0.4) is 0 Å². The van der Waals surface area contributed by atoms with E-state index in [4.69, 9.17) is 22.6 Å². The predicted octanol–water partition coefficient (Wildman–Crippen LogP) is 4.56. The number of hydrogen-bond donors (Lipinski definition) is 0. The molecule has 0 atom stereocenters. The van der Waals surface area contributed by atoms with Crippen molar-refractivity contribution in [2.24, 2.45) is 0 Å². The van der Waals surface area contributed by atoms with Gasteiger partial charge in [0.15, 0.2) is 0 Å². The monoisotopic (exact) mass is 352 g/mol. The SMILES string of the molecule is [2H]c1c([2H])c(C2([2H])C([2H])([2H])C([2H])([2H])N(C(=O)OC(C)(C)C)C([2H])([2H])C2([2H])[2H])c([2H])c([2H])c1Br. The normalized spacial score (nSPS) is 38.2. The first-order valence-electron chi connectivity index (χ1n) is 12.2. The van der Waals surface area contributed by atoms with Gasteiger partial charge in [0, 0.05) is 29.8 Å². The molecule has 1 aliphatic heterocycles. The van der Waals surface area contributed by atoms with Crippen molar-refractivity contribution >= 4 is 22.0 Å². The Morgan fingerprint density at radius 3 is 2.45 bits per heavy atom. The van der Waals surface area contributed by atoms with Crippen molar-refractivity contribution in [3.8, 4) is 0 Å². The highest BCUT2D eigenvalue weighted by Crippen LogP contribution is 2.29. The molecule has 0 saturated carbocycles. The van der Waals surface area contributed by atoms with Gasteiger partial charge in [-0.15, -0.1) is 0 Å². The molecule has 1 heterocycles. The van der Waals surface area contributed by atoms with Crippen LogP contribution < -0.4 is 0 Å². The van der Waals surface area contributed by atoms with E-state index in [-0.39, 0.29) is 9.37 Å². The summed E-state index contributed by atoms with van der Waals surface area (Å²) in [6.45, 7) is -3.33. The smallest absolute Gasteiger partial charge is 0.410 e. The number of carbonyl (C=O) groups excluding carboxylic acids is 1. The lowest BCUT2D eigenvalue weighted by atomic mass is 9.90. The summed E-state index contributed by atoms with van der Waals surface area (Å²) in [5, 5.41) is 0. The fourth-order valence-corrected chi connectivity index (χ4v) is 1.43. The Kier molecular flexibility index (Phi) is 1.74. The lowest BCUT2D eigenvalue weighted by molar-refractivity contribution is 0.0205. The van der Waals surface area contributed by atoms with Crippen molar-refractivity contribution in [3.05, 3.63) is 34.2 Å². The van der Waals surface area contributed by atoms with Crippen molar-refractivity contribution < 1.29 is 27.4 Å². The molecule has 3 nitrogen and oxygen atoms in total. The zero-order chi connectivity index (χ0) is 26.3. The van der Waals surface area contributed by atoms with Crippen LogP contribution in [0.1, 0.15) is 62.8 Å². The largest absolute Gasteiger partial charge is 0.444 e. The van der Waals surface area contributed by atoms with Crippen LogP contribution in [-0.4, -0.2) is 29.6 Å². The third-order valence-electron chi connectivity index (χ3n) is 2.01. The third-order valence-corrected chi connectivity index (χ3v) is 2.40. The van der Waals surface area contributed by atoms with Gasteiger partial charge in [0.05, 0.1) is 5.48 Å². The Hall–Kier alpha value is -1.03. The van der Waals surface area contributed by atoms with Crippen LogP contribution in [-0.2, 0) is 4.74 Å². The van der Waals surface area contributed by atoms with Gasteiger partial charge in [-0.05, 0) is 57.1 Å². The number of amides is 1. The molecule has 0 spiro atoms. The highest BCUT2D eigenvalue weighted by Gasteiger charge is 2.27. The molecule has 0 aliphatic carbocycles. The standard InChI is InChI=1S/C16H22BrNO2/c1-16(2,3)20-15(19)18-10-8-13(9-11-18)12-4-6-14(17)7-5-12/h4-7,13H,8-11H2,1-3H3/i4D,5D,6D,7D,8D2,9D2,10D2,11D2,13D. The van der Waals surface area contributed by atoms with Crippen LogP contribution in [0.25, 0.3) is 0 Å². The first-order valence-corrected chi connectivity index (χ1v) is 6.52. The highest BCUT2D eigenvalue weighted by molar-refractivity contribution is 9.10. The Balaban J connectivity index is 3.01. The van der Waals surface area contributed by atoms with Gasteiger partial charge in [-0.1, -0.05) is 28.0 Å². The lowest BCUT2D eigenvalue weighted by Gasteiger charge is -2.33. The molecule has 0 bridgehead atoms. The summed E-state index contributed by atoms with van der Waals surface area (Å²) in [7, 11) is 0. The molecule has 1 aromatic carbocycles. The predicted molar refractivity (Wildman–Crippen MR) is 83.9 cm³/mol. The molecule has 1 aromatic rings. The zero-order valence-corrected chi connectivity index (χ0v) is 12.7. The van der Waals surface area contributed by atoms with E-state index < -0.39 is 73.1 Å². The number of ether oxygens (including phenoxy) is 1. The van der Waals surface area contributed by atoms with Gasteiger partial charge in [0.1, 0.15) is 5.60 Å². The number of nitrogens with zero attached hydrogens (tertiary/aromatic N) is 1. The van der Waals surface area contributed by atoms with Gasteiger partial charge < -0.3 is 9.64 Å². The van der Waals surface area contributed by atoms with Crippen LogP contribution in [0.15, 0.2) is 28.6 Å². The average Bonchev–Trinajstić information content (AvgIpc) is 2.61. The van der Waals surface area contributed by atoms with E-state index in [0.717, 1.165) is 0 Å². The molecule has 4 heteroatoms. The second-order valence-corrected chi connectivity index (χ2v) is 5.65. The number of carbonyl (C=O) groups is 1. The molecule has 0 radical (unpaired) electrons. The van der Waals surface area contributed by atoms with Crippen molar-refractivity contribution in [2.75, 3.05) is 13.0 Å². The van der Waals surface area contributed by atoms with Crippen molar-refractivity contribution in [1.29, 1.82) is 0 Å². The maximum atomic E-state index is 12.7. The van der Waals surface area contributed by atoms with Gasteiger partial charge in [-0.2, -0.15) is 0 Å². The Bertz CT molecular complexity index is 948. The van der Waals surface area contributed by atoms with Gasteiger partial charge >= 0.3 is 6.09 Å². The summed E-state index contributed by atoms with van der Waals surface area (Å²) in [5.41, 5.74) is -2.47. The number of rotatable bonds is 1. The van der Waals surface area contributed by atoms with Crippen molar-refractivity contribution in [3.63, 3.8) is 0 Å². The first kappa shape index (κ1) is 5.64. The Morgan fingerprint density at radius 1 is 1.40 bits per heavy atom. The van der Waals surface area contributed by atoms with E-state index in [1.807, 2.05) is 0 Å².